The lowest BCUT2D eigenvalue weighted by molar-refractivity contribution is 0.147. The molecule has 0 saturated heterocycles. The van der Waals surface area contributed by atoms with Crippen LogP contribution in [0.4, 0.5) is 0 Å². The van der Waals surface area contributed by atoms with Gasteiger partial charge < -0.3 is 9.64 Å². The van der Waals surface area contributed by atoms with Crippen molar-refractivity contribution in [3.05, 3.63) is 0 Å². The minimum atomic E-state index is 0.812. The van der Waals surface area contributed by atoms with Crippen LogP contribution < -0.4 is 0 Å². The molecule has 2 nitrogen and oxygen atoms in total. The van der Waals surface area contributed by atoms with Crippen LogP contribution in [0.25, 0.3) is 0 Å². The van der Waals surface area contributed by atoms with Crippen LogP contribution in [0.3, 0.4) is 0 Å². The van der Waals surface area contributed by atoms with Gasteiger partial charge in [-0.1, -0.05) is 37.3 Å². The fraction of sp³-hybridized carbons (Fsp3) is 0.909. The van der Waals surface area contributed by atoms with Crippen LogP contribution in [0.5, 0.6) is 0 Å². The van der Waals surface area contributed by atoms with E-state index < -0.39 is 0 Å². The maximum atomic E-state index is 5.47. The fourth-order valence-electron chi connectivity index (χ4n) is 1.11. The van der Waals surface area contributed by atoms with Crippen LogP contribution in [0, 0.1) is 0 Å². The molecule has 0 heterocycles. The fourth-order valence-corrected chi connectivity index (χ4v) is 2.43. The molecular formula is C11H23NOS2. The molecule has 0 aliphatic rings. The van der Waals surface area contributed by atoms with E-state index in [1.807, 2.05) is 0 Å². The van der Waals surface area contributed by atoms with Gasteiger partial charge >= 0.3 is 0 Å². The van der Waals surface area contributed by atoms with Crippen LogP contribution >= 0.6 is 24.0 Å². The summed E-state index contributed by atoms with van der Waals surface area (Å²) < 4.78 is 6.47. The monoisotopic (exact) mass is 249 g/mol. The lowest BCUT2D eigenvalue weighted by Crippen LogP contribution is -2.27. The molecule has 0 aromatic carbocycles. The summed E-state index contributed by atoms with van der Waals surface area (Å²) in [5.74, 6) is 0.971. The van der Waals surface area contributed by atoms with Gasteiger partial charge in [0.25, 0.3) is 0 Å². The van der Waals surface area contributed by atoms with Gasteiger partial charge in [0.15, 0.2) is 0 Å². The van der Waals surface area contributed by atoms with Crippen LogP contribution in [-0.4, -0.2) is 41.3 Å². The van der Waals surface area contributed by atoms with Crippen molar-refractivity contribution in [2.24, 2.45) is 0 Å². The summed E-state index contributed by atoms with van der Waals surface area (Å²) in [5.41, 5.74) is 0. The number of hydrogen-bond acceptors (Lipinski definition) is 3. The van der Waals surface area contributed by atoms with Gasteiger partial charge in [-0.05, 0) is 20.3 Å². The van der Waals surface area contributed by atoms with Crippen molar-refractivity contribution in [3.63, 3.8) is 0 Å². The number of hydrogen-bond donors (Lipinski definition) is 0. The van der Waals surface area contributed by atoms with Crippen LogP contribution in [0.2, 0.25) is 0 Å². The molecule has 0 aromatic rings. The standard InChI is InChI=1S/C11H23NOS2/c1-4-7-8-13-9-10-15-11(14)12(5-2)6-3/h4-10H2,1-3H3. The Morgan fingerprint density at radius 3 is 2.40 bits per heavy atom. The number of rotatable bonds is 8. The first kappa shape index (κ1) is 15.2. The summed E-state index contributed by atoms with van der Waals surface area (Å²) in [6.07, 6.45) is 2.36. The van der Waals surface area contributed by atoms with Gasteiger partial charge in [0, 0.05) is 25.4 Å². The maximum Gasteiger partial charge on any atom is 0.136 e. The molecule has 0 saturated carbocycles. The quantitative estimate of drug-likeness (QED) is 0.484. The summed E-state index contributed by atoms with van der Waals surface area (Å²) in [7, 11) is 0. The Bertz CT molecular complexity index is 161. The van der Waals surface area contributed by atoms with Crippen LogP contribution in [0.15, 0.2) is 0 Å². The van der Waals surface area contributed by atoms with Gasteiger partial charge in [-0.15, -0.1) is 0 Å². The number of thiocarbonyl (C=S) groups is 1. The number of thioether (sulfide) groups is 1. The Morgan fingerprint density at radius 1 is 1.20 bits per heavy atom. The first-order valence-corrected chi connectivity index (χ1v) is 7.15. The van der Waals surface area contributed by atoms with E-state index in [2.05, 4.69) is 25.7 Å². The van der Waals surface area contributed by atoms with E-state index in [-0.39, 0.29) is 0 Å². The molecule has 15 heavy (non-hydrogen) atoms. The molecule has 0 fully saturated rings. The zero-order valence-electron chi connectivity index (χ0n) is 10.1. The molecule has 0 aliphatic heterocycles. The zero-order chi connectivity index (χ0) is 11.5. The highest BCUT2D eigenvalue weighted by molar-refractivity contribution is 8.22. The van der Waals surface area contributed by atoms with Crippen molar-refractivity contribution in [2.75, 3.05) is 32.1 Å². The number of nitrogens with zero attached hydrogens (tertiary/aromatic N) is 1. The van der Waals surface area contributed by atoms with Gasteiger partial charge in [-0.25, -0.2) is 0 Å². The second-order valence-corrected chi connectivity index (χ2v) is 4.98. The Labute approximate surface area is 104 Å². The highest BCUT2D eigenvalue weighted by Gasteiger charge is 2.04. The molecular weight excluding hydrogens is 226 g/mol. The van der Waals surface area contributed by atoms with Crippen molar-refractivity contribution in [1.82, 2.24) is 4.90 Å². The zero-order valence-corrected chi connectivity index (χ0v) is 11.8. The molecule has 0 atom stereocenters. The first-order chi connectivity index (χ1) is 7.26. The third kappa shape index (κ3) is 8.05. The average Bonchev–Trinajstić information content (AvgIpc) is 2.25. The molecule has 0 N–H and O–H groups in total. The van der Waals surface area contributed by atoms with E-state index in [4.69, 9.17) is 17.0 Å². The summed E-state index contributed by atoms with van der Waals surface area (Å²) in [6, 6.07) is 0. The van der Waals surface area contributed by atoms with Crippen molar-refractivity contribution in [1.29, 1.82) is 0 Å². The smallest absolute Gasteiger partial charge is 0.136 e. The minimum Gasteiger partial charge on any atom is -0.381 e. The topological polar surface area (TPSA) is 12.5 Å². The van der Waals surface area contributed by atoms with Crippen molar-refractivity contribution in [2.45, 2.75) is 33.6 Å². The molecule has 0 rings (SSSR count). The van der Waals surface area contributed by atoms with E-state index in [9.17, 15) is 0 Å². The summed E-state index contributed by atoms with van der Waals surface area (Å²) in [6.45, 7) is 10.1. The van der Waals surface area contributed by atoms with E-state index in [1.54, 1.807) is 11.8 Å². The molecule has 0 aromatic heterocycles. The summed E-state index contributed by atoms with van der Waals surface area (Å²) in [4.78, 5) is 2.20. The molecule has 0 radical (unpaired) electrons. The van der Waals surface area contributed by atoms with Crippen molar-refractivity contribution in [3.8, 4) is 0 Å². The minimum absolute atomic E-state index is 0.812. The maximum absolute atomic E-state index is 5.47. The molecule has 0 spiro atoms. The largest absolute Gasteiger partial charge is 0.381 e. The Morgan fingerprint density at radius 2 is 1.87 bits per heavy atom. The van der Waals surface area contributed by atoms with Gasteiger partial charge in [0.05, 0.1) is 6.61 Å². The van der Waals surface area contributed by atoms with Crippen molar-refractivity contribution < 1.29 is 4.74 Å². The van der Waals surface area contributed by atoms with Gasteiger partial charge in [-0.3, -0.25) is 0 Å². The molecule has 0 unspecified atom stereocenters. The molecule has 0 bridgehead atoms. The van der Waals surface area contributed by atoms with Crippen LogP contribution in [0.1, 0.15) is 33.6 Å². The van der Waals surface area contributed by atoms with Gasteiger partial charge in [0.2, 0.25) is 0 Å². The highest BCUT2D eigenvalue weighted by atomic mass is 32.2. The third-order valence-electron chi connectivity index (χ3n) is 2.12. The van der Waals surface area contributed by atoms with Crippen LogP contribution in [-0.2, 0) is 4.74 Å². The number of ether oxygens (including phenoxy) is 1. The molecule has 0 amide bonds. The normalized spacial score (nSPS) is 10.3. The Balaban J connectivity index is 3.38. The lowest BCUT2D eigenvalue weighted by Gasteiger charge is -2.20. The predicted octanol–water partition coefficient (Wildman–Crippen LogP) is 3.16. The van der Waals surface area contributed by atoms with E-state index in [0.29, 0.717) is 0 Å². The summed E-state index contributed by atoms with van der Waals surface area (Å²) in [5, 5.41) is 0. The second-order valence-electron chi connectivity index (χ2n) is 3.25. The van der Waals surface area contributed by atoms with Gasteiger partial charge in [0.1, 0.15) is 4.32 Å². The van der Waals surface area contributed by atoms with E-state index in [0.717, 1.165) is 42.8 Å². The first-order valence-electron chi connectivity index (χ1n) is 5.75. The highest BCUT2D eigenvalue weighted by Crippen LogP contribution is 2.08. The summed E-state index contributed by atoms with van der Waals surface area (Å²) >= 11 is 7.03. The van der Waals surface area contributed by atoms with E-state index in [1.165, 1.54) is 6.42 Å². The lowest BCUT2D eigenvalue weighted by atomic mass is 10.4. The second kappa shape index (κ2) is 10.7. The Kier molecular flexibility index (Phi) is 10.9. The number of unbranched alkanes of at least 4 members (excludes halogenated alkanes) is 1. The molecule has 0 aliphatic carbocycles. The molecule has 4 heteroatoms. The third-order valence-corrected chi connectivity index (χ3v) is 3.60. The van der Waals surface area contributed by atoms with Gasteiger partial charge in [-0.2, -0.15) is 0 Å². The van der Waals surface area contributed by atoms with Crippen molar-refractivity contribution >= 4 is 28.3 Å². The Hall–Kier alpha value is 0.200. The average molecular weight is 249 g/mol. The molecule has 90 valence electrons. The predicted molar refractivity (Wildman–Crippen MR) is 73.7 cm³/mol. The SMILES string of the molecule is CCCCOCCSC(=S)N(CC)CC. The van der Waals surface area contributed by atoms with E-state index >= 15 is 0 Å².